The van der Waals surface area contributed by atoms with Crippen LogP contribution < -0.4 is 10.5 Å². The zero-order valence-corrected chi connectivity index (χ0v) is 12.5. The van der Waals surface area contributed by atoms with Crippen LogP contribution in [0.15, 0.2) is 18.2 Å². The average molecular weight is 299 g/mol. The minimum absolute atomic E-state index is 0.132. The van der Waals surface area contributed by atoms with Gasteiger partial charge in [-0.25, -0.2) is 4.39 Å². The van der Waals surface area contributed by atoms with Gasteiger partial charge in [0, 0.05) is 13.1 Å². The zero-order valence-electron chi connectivity index (χ0n) is 11.6. The van der Waals surface area contributed by atoms with E-state index < -0.39 is 16.0 Å². The fraction of sp³-hybridized carbons (Fsp3) is 0.385. The lowest BCUT2D eigenvalue weighted by Crippen LogP contribution is -2.37. The number of hydrogen-bond acceptors (Lipinski definition) is 3. The van der Waals surface area contributed by atoms with Gasteiger partial charge in [0.25, 0.3) is 0 Å². The third kappa shape index (κ3) is 4.20. The van der Waals surface area contributed by atoms with E-state index in [9.17, 15) is 12.8 Å². The van der Waals surface area contributed by atoms with E-state index >= 15 is 0 Å². The molecular formula is C13H18FN3O2S. The lowest BCUT2D eigenvalue weighted by molar-refractivity contribution is 0.414. The second-order valence-corrected chi connectivity index (χ2v) is 6.15. The summed E-state index contributed by atoms with van der Waals surface area (Å²) in [5, 5.41) is 0. The van der Waals surface area contributed by atoms with Gasteiger partial charge in [0.2, 0.25) is 0 Å². The van der Waals surface area contributed by atoms with Gasteiger partial charge in [-0.3, -0.25) is 4.72 Å². The summed E-state index contributed by atoms with van der Waals surface area (Å²) in [6, 6.07) is 3.75. The van der Waals surface area contributed by atoms with Crippen molar-refractivity contribution in [2.75, 3.05) is 18.3 Å². The molecule has 5 nitrogen and oxygen atoms in total. The number of hydrogen-bond donors (Lipinski definition) is 2. The van der Waals surface area contributed by atoms with Crippen LogP contribution in [-0.4, -0.2) is 32.4 Å². The first-order valence-corrected chi connectivity index (χ1v) is 7.46. The molecule has 0 aliphatic rings. The fourth-order valence-electron chi connectivity index (χ4n) is 1.32. The molecule has 0 atom stereocenters. The second-order valence-electron chi connectivity index (χ2n) is 4.42. The predicted octanol–water partition coefficient (Wildman–Crippen LogP) is 1.13. The van der Waals surface area contributed by atoms with Gasteiger partial charge < -0.3 is 5.73 Å². The SMILES string of the molecule is CC(C)N(C)S(=O)(=O)Nc1ccc(C#CCN)c(F)c1. The quantitative estimate of drug-likeness (QED) is 0.818. The highest BCUT2D eigenvalue weighted by molar-refractivity contribution is 7.90. The predicted molar refractivity (Wildman–Crippen MR) is 77.8 cm³/mol. The fourth-order valence-corrected chi connectivity index (χ4v) is 2.45. The van der Waals surface area contributed by atoms with Crippen molar-refractivity contribution in [2.45, 2.75) is 19.9 Å². The molecule has 3 N–H and O–H groups in total. The van der Waals surface area contributed by atoms with Crippen LogP contribution in [0.3, 0.4) is 0 Å². The van der Waals surface area contributed by atoms with Crippen molar-refractivity contribution < 1.29 is 12.8 Å². The number of benzene rings is 1. The molecule has 0 fully saturated rings. The van der Waals surface area contributed by atoms with Crippen molar-refractivity contribution in [1.82, 2.24) is 4.31 Å². The third-order valence-electron chi connectivity index (χ3n) is 2.65. The molecule has 1 aromatic carbocycles. The molecule has 0 radical (unpaired) electrons. The highest BCUT2D eigenvalue weighted by atomic mass is 32.2. The minimum atomic E-state index is -3.70. The van der Waals surface area contributed by atoms with E-state index in [2.05, 4.69) is 16.6 Å². The van der Waals surface area contributed by atoms with Gasteiger partial charge in [-0.05, 0) is 32.0 Å². The molecule has 0 saturated heterocycles. The van der Waals surface area contributed by atoms with Crippen molar-refractivity contribution in [3.8, 4) is 11.8 Å². The molecular weight excluding hydrogens is 281 g/mol. The first-order chi connectivity index (χ1) is 9.27. The highest BCUT2D eigenvalue weighted by Gasteiger charge is 2.20. The Kier molecular flexibility index (Phi) is 5.51. The van der Waals surface area contributed by atoms with Crippen molar-refractivity contribution in [1.29, 1.82) is 0 Å². The molecule has 110 valence electrons. The van der Waals surface area contributed by atoms with Crippen LogP contribution in [0.2, 0.25) is 0 Å². The summed E-state index contributed by atoms with van der Waals surface area (Å²) in [5.41, 5.74) is 5.53. The number of nitrogens with one attached hydrogen (secondary N) is 1. The van der Waals surface area contributed by atoms with Gasteiger partial charge in [-0.15, -0.1) is 0 Å². The molecule has 0 heterocycles. The maximum Gasteiger partial charge on any atom is 0.301 e. The summed E-state index contributed by atoms with van der Waals surface area (Å²) >= 11 is 0. The third-order valence-corrected chi connectivity index (χ3v) is 4.32. The lowest BCUT2D eigenvalue weighted by Gasteiger charge is -2.21. The van der Waals surface area contributed by atoms with Crippen LogP contribution in [0.25, 0.3) is 0 Å². The first kappa shape index (κ1) is 16.4. The van der Waals surface area contributed by atoms with Gasteiger partial charge in [0.1, 0.15) is 5.82 Å². The normalized spacial score (nSPS) is 11.3. The Labute approximate surface area is 119 Å². The molecule has 0 unspecified atom stereocenters. The van der Waals surface area contributed by atoms with E-state index in [4.69, 9.17) is 5.73 Å². The van der Waals surface area contributed by atoms with E-state index in [1.54, 1.807) is 13.8 Å². The van der Waals surface area contributed by atoms with Crippen molar-refractivity contribution >= 4 is 15.9 Å². The number of nitrogens with zero attached hydrogens (tertiary/aromatic N) is 1. The van der Waals surface area contributed by atoms with E-state index in [1.807, 2.05) is 0 Å². The monoisotopic (exact) mass is 299 g/mol. The zero-order chi connectivity index (χ0) is 15.3. The van der Waals surface area contributed by atoms with Gasteiger partial charge in [0.15, 0.2) is 0 Å². The standard InChI is InChI=1S/C13H18FN3O2S/c1-10(2)17(3)20(18,19)16-12-7-6-11(5-4-8-15)13(14)9-12/h6-7,9-10,16H,8,15H2,1-3H3. The Morgan fingerprint density at radius 3 is 2.60 bits per heavy atom. The summed E-state index contributed by atoms with van der Waals surface area (Å²) in [5.74, 6) is 4.50. The number of halogens is 1. The molecule has 0 aliphatic heterocycles. The van der Waals surface area contributed by atoms with Crippen molar-refractivity contribution in [2.24, 2.45) is 5.73 Å². The van der Waals surface area contributed by atoms with E-state index in [1.165, 1.54) is 19.2 Å². The number of anilines is 1. The molecule has 7 heteroatoms. The Morgan fingerprint density at radius 1 is 1.45 bits per heavy atom. The van der Waals surface area contributed by atoms with Crippen LogP contribution in [0, 0.1) is 17.7 Å². The molecule has 0 aliphatic carbocycles. The summed E-state index contributed by atoms with van der Waals surface area (Å²) in [6.07, 6.45) is 0. The van der Waals surface area contributed by atoms with Crippen LogP contribution in [0.5, 0.6) is 0 Å². The van der Waals surface area contributed by atoms with E-state index in [0.717, 1.165) is 10.4 Å². The van der Waals surface area contributed by atoms with Crippen LogP contribution in [-0.2, 0) is 10.2 Å². The Balaban J connectivity index is 2.98. The lowest BCUT2D eigenvalue weighted by atomic mass is 10.2. The molecule has 20 heavy (non-hydrogen) atoms. The number of nitrogens with two attached hydrogens (primary N) is 1. The maximum absolute atomic E-state index is 13.7. The van der Waals surface area contributed by atoms with Gasteiger partial charge >= 0.3 is 10.2 Å². The largest absolute Gasteiger partial charge is 0.320 e. The maximum atomic E-state index is 13.7. The Morgan fingerprint density at radius 2 is 2.10 bits per heavy atom. The van der Waals surface area contributed by atoms with Gasteiger partial charge in [-0.2, -0.15) is 12.7 Å². The summed E-state index contributed by atoms with van der Waals surface area (Å²) in [7, 11) is -2.25. The molecule has 1 rings (SSSR count). The topological polar surface area (TPSA) is 75.4 Å². The first-order valence-electron chi connectivity index (χ1n) is 6.02. The Hall–Kier alpha value is -1.62. The molecule has 0 aromatic heterocycles. The second kappa shape index (κ2) is 6.70. The minimum Gasteiger partial charge on any atom is -0.320 e. The summed E-state index contributed by atoms with van der Waals surface area (Å²) in [6.45, 7) is 3.61. The molecule has 0 amide bonds. The molecule has 0 bridgehead atoms. The van der Waals surface area contributed by atoms with E-state index in [-0.39, 0.29) is 23.8 Å². The molecule has 0 saturated carbocycles. The average Bonchev–Trinajstić information content (AvgIpc) is 2.36. The molecule has 0 spiro atoms. The van der Waals surface area contributed by atoms with Crippen LogP contribution in [0.4, 0.5) is 10.1 Å². The summed E-state index contributed by atoms with van der Waals surface area (Å²) in [4.78, 5) is 0. The highest BCUT2D eigenvalue weighted by Crippen LogP contribution is 2.16. The van der Waals surface area contributed by atoms with Crippen molar-refractivity contribution in [3.63, 3.8) is 0 Å². The van der Waals surface area contributed by atoms with Gasteiger partial charge in [0.05, 0.1) is 17.8 Å². The van der Waals surface area contributed by atoms with Crippen molar-refractivity contribution in [3.05, 3.63) is 29.6 Å². The summed E-state index contributed by atoms with van der Waals surface area (Å²) < 4.78 is 41.1. The number of rotatable bonds is 4. The van der Waals surface area contributed by atoms with Crippen LogP contribution in [0.1, 0.15) is 19.4 Å². The smallest absolute Gasteiger partial charge is 0.301 e. The van der Waals surface area contributed by atoms with Gasteiger partial charge in [-0.1, -0.05) is 11.8 Å². The molecule has 1 aromatic rings. The Bertz CT molecular complexity index is 633. The van der Waals surface area contributed by atoms with E-state index in [0.29, 0.717) is 0 Å². The van der Waals surface area contributed by atoms with Crippen LogP contribution >= 0.6 is 0 Å².